The Morgan fingerprint density at radius 3 is 2.61 bits per heavy atom. The van der Waals surface area contributed by atoms with Gasteiger partial charge in [-0.15, -0.1) is 0 Å². The maximum atomic E-state index is 11.9. The lowest BCUT2D eigenvalue weighted by molar-refractivity contribution is -0.142. The van der Waals surface area contributed by atoms with Crippen LogP contribution in [0.3, 0.4) is 0 Å². The van der Waals surface area contributed by atoms with E-state index in [1.807, 2.05) is 13.8 Å². The average molecular weight is 343 g/mol. The lowest BCUT2D eigenvalue weighted by Gasteiger charge is -2.17. The molecule has 3 N–H and O–H groups in total. The molecule has 0 heterocycles. The molecule has 1 rings (SSSR count). The van der Waals surface area contributed by atoms with Crippen LogP contribution in [0.2, 0.25) is 5.02 Å². The fraction of sp³-hybridized carbons (Fsp3) is 0.500. The number of halogens is 1. The summed E-state index contributed by atoms with van der Waals surface area (Å²) in [5.41, 5.74) is 0.685. The minimum absolute atomic E-state index is 0.150. The lowest BCUT2D eigenvalue weighted by atomic mass is 10.0. The van der Waals surface area contributed by atoms with Gasteiger partial charge < -0.3 is 20.5 Å². The molecule has 0 bridgehead atoms. The average Bonchev–Trinajstić information content (AvgIpc) is 2.46. The zero-order valence-corrected chi connectivity index (χ0v) is 14.3. The van der Waals surface area contributed by atoms with Gasteiger partial charge in [0.25, 0.3) is 0 Å². The molecule has 0 saturated heterocycles. The molecule has 7 heteroatoms. The first kappa shape index (κ1) is 19.1. The zero-order valence-electron chi connectivity index (χ0n) is 13.6. The highest BCUT2D eigenvalue weighted by molar-refractivity contribution is 6.30. The molecule has 1 atom stereocenters. The summed E-state index contributed by atoms with van der Waals surface area (Å²) in [5.74, 6) is -0.522. The first-order valence-corrected chi connectivity index (χ1v) is 7.80. The first-order chi connectivity index (χ1) is 10.8. The van der Waals surface area contributed by atoms with Crippen molar-refractivity contribution in [2.75, 3.05) is 19.0 Å². The van der Waals surface area contributed by atoms with Crippen molar-refractivity contribution in [3.63, 3.8) is 0 Å². The van der Waals surface area contributed by atoms with E-state index >= 15 is 0 Å². The quantitative estimate of drug-likeness (QED) is 0.642. The molecule has 6 nitrogen and oxygen atoms in total. The third-order valence-electron chi connectivity index (χ3n) is 3.17. The molecular weight excluding hydrogens is 320 g/mol. The third-order valence-corrected chi connectivity index (χ3v) is 3.40. The van der Waals surface area contributed by atoms with Gasteiger partial charge in [0.15, 0.2) is 0 Å². The number of methoxy groups -OCH3 is 1. The standard InChI is InChI=1S/C16H23ClN2O4/c1-10(2)8-13(16(21)22)19-15(20)6-7-18-12-9-11(17)4-5-14(12)23-3/h4-5,9-10,13,18H,6-8H2,1-3H3,(H,19,20)(H,21,22)/t13-/m1/s1. The number of aliphatic carboxylic acids is 1. The van der Waals surface area contributed by atoms with Gasteiger partial charge in [-0.05, 0) is 30.5 Å². The number of anilines is 1. The number of carboxylic acids is 1. The summed E-state index contributed by atoms with van der Waals surface area (Å²) in [5, 5.41) is 15.3. The monoisotopic (exact) mass is 342 g/mol. The molecule has 0 spiro atoms. The van der Waals surface area contributed by atoms with E-state index in [0.29, 0.717) is 29.4 Å². The molecule has 0 aliphatic carbocycles. The lowest BCUT2D eigenvalue weighted by Crippen LogP contribution is -2.42. The Kier molecular flexibility index (Phi) is 7.68. The summed E-state index contributed by atoms with van der Waals surface area (Å²) in [4.78, 5) is 23.0. The molecule has 23 heavy (non-hydrogen) atoms. The Morgan fingerprint density at radius 2 is 2.04 bits per heavy atom. The van der Waals surface area contributed by atoms with Crippen LogP contribution >= 0.6 is 11.6 Å². The van der Waals surface area contributed by atoms with Crippen molar-refractivity contribution in [1.82, 2.24) is 5.32 Å². The predicted molar refractivity (Wildman–Crippen MR) is 90.1 cm³/mol. The van der Waals surface area contributed by atoms with Gasteiger partial charge in [-0.3, -0.25) is 4.79 Å². The van der Waals surface area contributed by atoms with Gasteiger partial charge in [0.2, 0.25) is 5.91 Å². The van der Waals surface area contributed by atoms with Gasteiger partial charge >= 0.3 is 5.97 Å². The van der Waals surface area contributed by atoms with E-state index in [9.17, 15) is 9.59 Å². The summed E-state index contributed by atoms with van der Waals surface area (Å²) >= 11 is 5.93. The molecule has 0 aliphatic heterocycles. The zero-order chi connectivity index (χ0) is 17.4. The third kappa shape index (κ3) is 6.78. The predicted octanol–water partition coefficient (Wildman–Crippen LogP) is 2.77. The molecule has 0 aliphatic rings. The van der Waals surface area contributed by atoms with Gasteiger partial charge in [-0.25, -0.2) is 4.79 Å². The summed E-state index contributed by atoms with van der Waals surface area (Å²) < 4.78 is 5.20. The van der Waals surface area contributed by atoms with Crippen molar-refractivity contribution in [3.05, 3.63) is 23.2 Å². The van der Waals surface area contributed by atoms with E-state index in [-0.39, 0.29) is 18.2 Å². The Labute approximate surface area is 141 Å². The number of carbonyl (C=O) groups is 2. The number of carbonyl (C=O) groups excluding carboxylic acids is 1. The van der Waals surface area contributed by atoms with Crippen LogP contribution in [0.25, 0.3) is 0 Å². The number of hydrogen-bond donors (Lipinski definition) is 3. The number of benzene rings is 1. The highest BCUT2D eigenvalue weighted by Crippen LogP contribution is 2.27. The van der Waals surface area contributed by atoms with Crippen molar-refractivity contribution in [1.29, 1.82) is 0 Å². The number of nitrogens with one attached hydrogen (secondary N) is 2. The number of ether oxygens (including phenoxy) is 1. The van der Waals surface area contributed by atoms with Crippen molar-refractivity contribution in [2.24, 2.45) is 5.92 Å². The Hall–Kier alpha value is -1.95. The van der Waals surface area contributed by atoms with E-state index < -0.39 is 12.0 Å². The van der Waals surface area contributed by atoms with E-state index in [1.54, 1.807) is 25.3 Å². The molecule has 0 aromatic heterocycles. The topological polar surface area (TPSA) is 87.7 Å². The molecule has 128 valence electrons. The second-order valence-electron chi connectivity index (χ2n) is 5.61. The van der Waals surface area contributed by atoms with E-state index in [0.717, 1.165) is 0 Å². The van der Waals surface area contributed by atoms with E-state index in [4.69, 9.17) is 21.4 Å². The summed E-state index contributed by atoms with van der Waals surface area (Å²) in [6.45, 7) is 4.17. The molecule has 1 aromatic rings. The van der Waals surface area contributed by atoms with Crippen molar-refractivity contribution < 1.29 is 19.4 Å². The van der Waals surface area contributed by atoms with Crippen LogP contribution in [0.15, 0.2) is 18.2 Å². The molecule has 0 fully saturated rings. The van der Waals surface area contributed by atoms with Crippen molar-refractivity contribution in [2.45, 2.75) is 32.7 Å². The van der Waals surface area contributed by atoms with Gasteiger partial charge in [0, 0.05) is 18.0 Å². The number of carboxylic acid groups (broad SMARTS) is 1. The van der Waals surface area contributed by atoms with Gasteiger partial charge in [-0.2, -0.15) is 0 Å². The molecule has 1 amide bonds. The summed E-state index contributed by atoms with van der Waals surface area (Å²) in [6.07, 6.45) is 0.550. The summed E-state index contributed by atoms with van der Waals surface area (Å²) in [7, 11) is 1.55. The van der Waals surface area contributed by atoms with Crippen molar-refractivity contribution in [3.8, 4) is 5.75 Å². The fourth-order valence-electron chi connectivity index (χ4n) is 2.09. The maximum absolute atomic E-state index is 11.9. The first-order valence-electron chi connectivity index (χ1n) is 7.43. The van der Waals surface area contributed by atoms with E-state index in [1.165, 1.54) is 0 Å². The normalized spacial score (nSPS) is 11.9. The highest BCUT2D eigenvalue weighted by Gasteiger charge is 2.20. The molecule has 0 saturated carbocycles. The van der Waals surface area contributed by atoms with Crippen LogP contribution in [-0.2, 0) is 9.59 Å². The largest absolute Gasteiger partial charge is 0.495 e. The number of hydrogen-bond acceptors (Lipinski definition) is 4. The molecular formula is C16H23ClN2O4. The van der Waals surface area contributed by atoms with Crippen molar-refractivity contribution >= 4 is 29.2 Å². The van der Waals surface area contributed by atoms with Crippen LogP contribution in [0.4, 0.5) is 5.69 Å². The molecule has 0 unspecified atom stereocenters. The molecule has 1 aromatic carbocycles. The second kappa shape index (κ2) is 9.25. The maximum Gasteiger partial charge on any atom is 0.326 e. The number of amides is 1. The Bertz CT molecular complexity index is 549. The minimum atomic E-state index is -1.02. The Morgan fingerprint density at radius 1 is 1.35 bits per heavy atom. The van der Waals surface area contributed by atoms with Gasteiger partial charge in [0.1, 0.15) is 11.8 Å². The molecule has 0 radical (unpaired) electrons. The van der Waals surface area contributed by atoms with Gasteiger partial charge in [-0.1, -0.05) is 25.4 Å². The van der Waals surface area contributed by atoms with Crippen LogP contribution < -0.4 is 15.4 Å². The second-order valence-corrected chi connectivity index (χ2v) is 6.05. The minimum Gasteiger partial charge on any atom is -0.495 e. The fourth-order valence-corrected chi connectivity index (χ4v) is 2.26. The van der Waals surface area contributed by atoms with Crippen LogP contribution in [0.5, 0.6) is 5.75 Å². The highest BCUT2D eigenvalue weighted by atomic mass is 35.5. The van der Waals surface area contributed by atoms with E-state index in [2.05, 4.69) is 10.6 Å². The van der Waals surface area contributed by atoms with Crippen LogP contribution in [-0.4, -0.2) is 36.7 Å². The number of rotatable bonds is 9. The van der Waals surface area contributed by atoms with Gasteiger partial charge in [0.05, 0.1) is 12.8 Å². The SMILES string of the molecule is COc1ccc(Cl)cc1NCCC(=O)N[C@H](CC(C)C)C(=O)O. The summed E-state index contributed by atoms with van der Waals surface area (Å²) in [6, 6.07) is 4.29. The van der Waals surface area contributed by atoms with Crippen LogP contribution in [0, 0.1) is 5.92 Å². The smallest absolute Gasteiger partial charge is 0.326 e. The van der Waals surface area contributed by atoms with Crippen LogP contribution in [0.1, 0.15) is 26.7 Å². The Balaban J connectivity index is 2.50.